The van der Waals surface area contributed by atoms with Crippen molar-refractivity contribution in [2.45, 2.75) is 51.4 Å². The summed E-state index contributed by atoms with van der Waals surface area (Å²) < 4.78 is 0. The molecule has 0 spiro atoms. The van der Waals surface area contributed by atoms with E-state index in [2.05, 4.69) is 45.9 Å². The van der Waals surface area contributed by atoms with Crippen molar-refractivity contribution in [3.05, 3.63) is 35.9 Å². The van der Waals surface area contributed by atoms with Gasteiger partial charge in [-0.3, -0.25) is 9.59 Å². The molecule has 1 aromatic rings. The molecule has 1 unspecified atom stereocenters. The number of carbonyl (C=O) groups is 2. The molecule has 2 fully saturated rings. The molecule has 0 radical (unpaired) electrons. The van der Waals surface area contributed by atoms with Crippen molar-refractivity contribution in [1.82, 2.24) is 15.5 Å². The number of likely N-dealkylation sites (tertiary alicyclic amines) is 1. The minimum atomic E-state index is -0.0697. The van der Waals surface area contributed by atoms with Crippen molar-refractivity contribution in [3.63, 3.8) is 0 Å². The minimum Gasteiger partial charge on any atom is -0.354 e. The van der Waals surface area contributed by atoms with Crippen LogP contribution in [0, 0.1) is 11.8 Å². The predicted molar refractivity (Wildman–Crippen MR) is 112 cm³/mol. The van der Waals surface area contributed by atoms with E-state index in [4.69, 9.17) is 0 Å². The Morgan fingerprint density at radius 1 is 0.929 bits per heavy atom. The summed E-state index contributed by atoms with van der Waals surface area (Å²) in [7, 11) is 0. The molecule has 0 aromatic heterocycles. The Hall–Kier alpha value is -1.88. The number of amides is 2. The maximum Gasteiger partial charge on any atom is 0.239 e. The molecular weight excluding hydrogens is 350 g/mol. The average Bonchev–Trinajstić information content (AvgIpc) is 3.19. The van der Waals surface area contributed by atoms with Crippen molar-refractivity contribution in [3.8, 4) is 0 Å². The third kappa shape index (κ3) is 7.27. The highest BCUT2D eigenvalue weighted by atomic mass is 16.2. The van der Waals surface area contributed by atoms with E-state index in [1.807, 2.05) is 0 Å². The van der Waals surface area contributed by atoms with Crippen LogP contribution in [-0.4, -0.2) is 49.4 Å². The number of benzene rings is 1. The second-order valence-electron chi connectivity index (χ2n) is 8.48. The molecule has 5 heteroatoms. The van der Waals surface area contributed by atoms with Gasteiger partial charge in [-0.2, -0.15) is 0 Å². The smallest absolute Gasteiger partial charge is 0.239 e. The van der Waals surface area contributed by atoms with Crippen molar-refractivity contribution in [2.24, 2.45) is 11.8 Å². The molecule has 5 nitrogen and oxygen atoms in total. The van der Waals surface area contributed by atoms with Crippen molar-refractivity contribution >= 4 is 11.8 Å². The molecule has 1 aliphatic carbocycles. The predicted octanol–water partition coefficient (Wildman–Crippen LogP) is 2.75. The fourth-order valence-electron chi connectivity index (χ4n) is 4.44. The van der Waals surface area contributed by atoms with Gasteiger partial charge in [-0.05, 0) is 49.6 Å². The van der Waals surface area contributed by atoms with Gasteiger partial charge in [0.2, 0.25) is 11.8 Å². The van der Waals surface area contributed by atoms with Gasteiger partial charge >= 0.3 is 0 Å². The SMILES string of the molecule is O=C(CNC(=O)CC1CCCCC1)NCC1CCN(CCc2ccccc2)C1. The van der Waals surface area contributed by atoms with Crippen LogP contribution in [0.15, 0.2) is 30.3 Å². The van der Waals surface area contributed by atoms with Crippen LogP contribution < -0.4 is 10.6 Å². The van der Waals surface area contributed by atoms with Gasteiger partial charge in [-0.15, -0.1) is 0 Å². The van der Waals surface area contributed by atoms with Gasteiger partial charge in [-0.25, -0.2) is 0 Å². The van der Waals surface area contributed by atoms with Gasteiger partial charge in [0, 0.05) is 26.1 Å². The van der Waals surface area contributed by atoms with Crippen LogP contribution in [0.2, 0.25) is 0 Å². The Labute approximate surface area is 169 Å². The van der Waals surface area contributed by atoms with Gasteiger partial charge in [0.15, 0.2) is 0 Å². The van der Waals surface area contributed by atoms with E-state index in [9.17, 15) is 9.59 Å². The summed E-state index contributed by atoms with van der Waals surface area (Å²) in [5.74, 6) is 0.976. The van der Waals surface area contributed by atoms with Gasteiger partial charge in [0.05, 0.1) is 6.54 Å². The van der Waals surface area contributed by atoms with Gasteiger partial charge < -0.3 is 15.5 Å². The second kappa shape index (κ2) is 11.2. The molecule has 1 saturated carbocycles. The summed E-state index contributed by atoms with van der Waals surface area (Å²) in [6.45, 7) is 4.04. The molecule has 1 atom stereocenters. The monoisotopic (exact) mass is 385 g/mol. The maximum atomic E-state index is 12.0. The van der Waals surface area contributed by atoms with E-state index in [1.54, 1.807) is 0 Å². The lowest BCUT2D eigenvalue weighted by atomic mass is 9.87. The highest BCUT2D eigenvalue weighted by molar-refractivity contribution is 5.84. The molecule has 1 heterocycles. The zero-order valence-electron chi connectivity index (χ0n) is 17.0. The molecule has 1 aliphatic heterocycles. The second-order valence-corrected chi connectivity index (χ2v) is 8.48. The lowest BCUT2D eigenvalue weighted by Crippen LogP contribution is -2.39. The largest absolute Gasteiger partial charge is 0.354 e. The molecule has 0 bridgehead atoms. The van der Waals surface area contributed by atoms with Gasteiger partial charge in [0.1, 0.15) is 0 Å². The van der Waals surface area contributed by atoms with E-state index in [0.29, 0.717) is 24.8 Å². The molecule has 28 heavy (non-hydrogen) atoms. The first kappa shape index (κ1) is 20.8. The standard InChI is InChI=1S/C23H35N3O2/c27-22(15-20-9-5-2-6-10-20)25-17-23(28)24-16-21-12-14-26(18-21)13-11-19-7-3-1-4-8-19/h1,3-4,7-8,20-21H,2,5-6,9-18H2,(H,24,28)(H,25,27). The number of hydrogen-bond donors (Lipinski definition) is 2. The Morgan fingerprint density at radius 3 is 2.50 bits per heavy atom. The quantitative estimate of drug-likeness (QED) is 0.687. The lowest BCUT2D eigenvalue weighted by molar-refractivity contribution is -0.126. The Kier molecular flexibility index (Phi) is 8.34. The van der Waals surface area contributed by atoms with E-state index < -0.39 is 0 Å². The first-order chi connectivity index (χ1) is 13.7. The van der Waals surface area contributed by atoms with Crippen LogP contribution in [0.5, 0.6) is 0 Å². The molecule has 1 aromatic carbocycles. The zero-order valence-corrected chi connectivity index (χ0v) is 17.0. The van der Waals surface area contributed by atoms with Gasteiger partial charge in [0.25, 0.3) is 0 Å². The summed E-state index contributed by atoms with van der Waals surface area (Å²) in [4.78, 5) is 26.5. The van der Waals surface area contributed by atoms with E-state index in [0.717, 1.165) is 45.3 Å². The van der Waals surface area contributed by atoms with Crippen LogP contribution in [0.4, 0.5) is 0 Å². The third-order valence-corrected chi connectivity index (χ3v) is 6.16. The molecule has 1 saturated heterocycles. The summed E-state index contributed by atoms with van der Waals surface area (Å²) >= 11 is 0. The van der Waals surface area contributed by atoms with Crippen LogP contribution in [-0.2, 0) is 16.0 Å². The van der Waals surface area contributed by atoms with Crippen molar-refractivity contribution in [2.75, 3.05) is 32.7 Å². The molecule has 2 amide bonds. The Bertz CT molecular complexity index is 614. The third-order valence-electron chi connectivity index (χ3n) is 6.16. The normalized spacial score (nSPS) is 20.8. The Balaban J connectivity index is 1.25. The summed E-state index contributed by atoms with van der Waals surface area (Å²) in [6.07, 6.45) is 8.86. The van der Waals surface area contributed by atoms with Crippen LogP contribution in [0.3, 0.4) is 0 Å². The van der Waals surface area contributed by atoms with Crippen LogP contribution in [0.1, 0.15) is 50.5 Å². The number of carbonyl (C=O) groups excluding carboxylic acids is 2. The highest BCUT2D eigenvalue weighted by Crippen LogP contribution is 2.26. The molecule has 2 aliphatic rings. The summed E-state index contributed by atoms with van der Waals surface area (Å²) in [5.41, 5.74) is 1.38. The summed E-state index contributed by atoms with van der Waals surface area (Å²) in [6, 6.07) is 10.6. The zero-order chi connectivity index (χ0) is 19.6. The summed E-state index contributed by atoms with van der Waals surface area (Å²) in [5, 5.41) is 5.79. The number of hydrogen-bond acceptors (Lipinski definition) is 3. The van der Waals surface area contributed by atoms with E-state index in [-0.39, 0.29) is 18.4 Å². The van der Waals surface area contributed by atoms with Gasteiger partial charge in [-0.1, -0.05) is 49.6 Å². The minimum absolute atomic E-state index is 0.0232. The Morgan fingerprint density at radius 2 is 1.71 bits per heavy atom. The van der Waals surface area contributed by atoms with Crippen LogP contribution >= 0.6 is 0 Å². The fourth-order valence-corrected chi connectivity index (χ4v) is 4.44. The average molecular weight is 386 g/mol. The maximum absolute atomic E-state index is 12.0. The molecule has 3 rings (SSSR count). The highest BCUT2D eigenvalue weighted by Gasteiger charge is 2.22. The fraction of sp³-hybridized carbons (Fsp3) is 0.652. The molecule has 154 valence electrons. The first-order valence-corrected chi connectivity index (χ1v) is 11.0. The number of nitrogens with one attached hydrogen (secondary N) is 2. The van der Waals surface area contributed by atoms with Crippen LogP contribution in [0.25, 0.3) is 0 Å². The molecular formula is C23H35N3O2. The van der Waals surface area contributed by atoms with E-state index >= 15 is 0 Å². The van der Waals surface area contributed by atoms with Crippen molar-refractivity contribution < 1.29 is 9.59 Å². The van der Waals surface area contributed by atoms with E-state index in [1.165, 1.54) is 24.8 Å². The lowest BCUT2D eigenvalue weighted by Gasteiger charge is -2.20. The number of nitrogens with zero attached hydrogens (tertiary/aromatic N) is 1. The van der Waals surface area contributed by atoms with Crippen molar-refractivity contribution in [1.29, 1.82) is 0 Å². The topological polar surface area (TPSA) is 61.4 Å². The number of rotatable bonds is 9. The first-order valence-electron chi connectivity index (χ1n) is 11.0. The molecule has 2 N–H and O–H groups in total.